The molecule has 0 amide bonds. The first kappa shape index (κ1) is 13.2. The molecule has 94 valence electrons. The average Bonchev–Trinajstić information content (AvgIpc) is 2.26. The van der Waals surface area contributed by atoms with Crippen molar-refractivity contribution in [1.29, 1.82) is 0 Å². The van der Waals surface area contributed by atoms with Crippen LogP contribution in [0.1, 0.15) is 12.0 Å². The van der Waals surface area contributed by atoms with Gasteiger partial charge >= 0.3 is 5.97 Å². The fourth-order valence-corrected chi connectivity index (χ4v) is 1.39. The molecule has 0 saturated heterocycles. The number of carbonyl (C=O) groups is 1. The normalized spacial score (nSPS) is 11.1. The number of rotatable bonds is 5. The first-order chi connectivity index (χ1) is 7.90. The number of hydrogen-bond acceptors (Lipinski definition) is 3. The molecule has 0 spiro atoms. The molecule has 0 aliphatic rings. The lowest BCUT2D eigenvalue weighted by Gasteiger charge is -2.18. The third-order valence-corrected chi connectivity index (χ3v) is 2.17. The van der Waals surface area contributed by atoms with E-state index in [-0.39, 0.29) is 11.5 Å². The van der Waals surface area contributed by atoms with Gasteiger partial charge in [-0.25, -0.2) is 8.78 Å². The molecule has 0 saturated carbocycles. The summed E-state index contributed by atoms with van der Waals surface area (Å²) >= 11 is 0. The van der Waals surface area contributed by atoms with Crippen LogP contribution in [0.2, 0.25) is 0 Å². The Hall–Kier alpha value is -1.85. The predicted molar refractivity (Wildman–Crippen MR) is 55.7 cm³/mol. The van der Waals surface area contributed by atoms with Crippen LogP contribution in [-0.2, 0) is 10.7 Å². The molecule has 17 heavy (non-hydrogen) atoms. The van der Waals surface area contributed by atoms with E-state index in [2.05, 4.69) is 0 Å². The lowest BCUT2D eigenvalue weighted by Crippen LogP contribution is -2.19. The molecule has 1 aromatic carbocycles. The van der Waals surface area contributed by atoms with Gasteiger partial charge < -0.3 is 14.6 Å². The number of methoxy groups -OCH3 is 2. The van der Waals surface area contributed by atoms with Gasteiger partial charge in [0.05, 0.1) is 19.8 Å². The van der Waals surface area contributed by atoms with E-state index in [0.29, 0.717) is 0 Å². The minimum atomic E-state index is -3.51. The van der Waals surface area contributed by atoms with E-state index in [9.17, 15) is 13.6 Å². The molecule has 0 bridgehead atoms. The zero-order valence-corrected chi connectivity index (χ0v) is 9.37. The molecule has 0 aliphatic carbocycles. The summed E-state index contributed by atoms with van der Waals surface area (Å²) in [7, 11) is 2.57. The van der Waals surface area contributed by atoms with Gasteiger partial charge in [0.2, 0.25) is 0 Å². The number of benzene rings is 1. The van der Waals surface area contributed by atoms with Crippen LogP contribution in [0.3, 0.4) is 0 Å². The molecule has 1 rings (SSSR count). The number of ether oxygens (including phenoxy) is 2. The minimum Gasteiger partial charge on any atom is -0.497 e. The zero-order valence-electron chi connectivity index (χ0n) is 9.37. The van der Waals surface area contributed by atoms with Crippen LogP contribution in [0, 0.1) is 0 Å². The molecule has 4 nitrogen and oxygen atoms in total. The fraction of sp³-hybridized carbons (Fsp3) is 0.364. The topological polar surface area (TPSA) is 55.8 Å². The van der Waals surface area contributed by atoms with Crippen LogP contribution >= 0.6 is 0 Å². The van der Waals surface area contributed by atoms with Crippen molar-refractivity contribution < 1.29 is 28.2 Å². The first-order valence-corrected chi connectivity index (χ1v) is 4.73. The largest absolute Gasteiger partial charge is 0.497 e. The van der Waals surface area contributed by atoms with Gasteiger partial charge in [0.25, 0.3) is 5.92 Å². The summed E-state index contributed by atoms with van der Waals surface area (Å²) in [6, 6.07) is 3.84. The van der Waals surface area contributed by atoms with E-state index in [1.807, 2.05) is 0 Å². The van der Waals surface area contributed by atoms with Crippen molar-refractivity contribution in [3.8, 4) is 11.5 Å². The Morgan fingerprint density at radius 2 is 2.00 bits per heavy atom. The van der Waals surface area contributed by atoms with Gasteiger partial charge in [0, 0.05) is 0 Å². The first-order valence-electron chi connectivity index (χ1n) is 4.73. The quantitative estimate of drug-likeness (QED) is 0.865. The molecular formula is C11H12F2O4. The second kappa shape index (κ2) is 4.99. The van der Waals surface area contributed by atoms with E-state index < -0.39 is 23.9 Å². The van der Waals surface area contributed by atoms with Gasteiger partial charge in [0.15, 0.2) is 0 Å². The molecular weight excluding hydrogens is 234 g/mol. The predicted octanol–water partition coefficient (Wildman–Crippen LogP) is 2.27. The lowest BCUT2D eigenvalue weighted by molar-refractivity contribution is -0.145. The summed E-state index contributed by atoms with van der Waals surface area (Å²) in [4.78, 5) is 10.4. The lowest BCUT2D eigenvalue weighted by atomic mass is 10.0. The van der Waals surface area contributed by atoms with E-state index in [4.69, 9.17) is 14.6 Å². The fourth-order valence-electron chi connectivity index (χ4n) is 1.39. The molecule has 0 unspecified atom stereocenters. The summed E-state index contributed by atoms with van der Waals surface area (Å²) in [6.45, 7) is 0. The number of halogens is 2. The van der Waals surface area contributed by atoms with Crippen LogP contribution in [-0.4, -0.2) is 25.3 Å². The van der Waals surface area contributed by atoms with Crippen LogP contribution in [0.25, 0.3) is 0 Å². The van der Waals surface area contributed by atoms with Crippen molar-refractivity contribution in [2.24, 2.45) is 0 Å². The van der Waals surface area contributed by atoms with Gasteiger partial charge in [-0.15, -0.1) is 0 Å². The summed E-state index contributed by atoms with van der Waals surface area (Å²) < 4.78 is 36.9. The molecule has 0 aliphatic heterocycles. The van der Waals surface area contributed by atoms with E-state index >= 15 is 0 Å². The van der Waals surface area contributed by atoms with Crippen LogP contribution in [0.5, 0.6) is 11.5 Å². The molecule has 1 N–H and O–H groups in total. The van der Waals surface area contributed by atoms with Gasteiger partial charge in [-0.3, -0.25) is 4.79 Å². The summed E-state index contributed by atoms with van der Waals surface area (Å²) in [5, 5.41) is 8.45. The van der Waals surface area contributed by atoms with Crippen molar-refractivity contribution in [3.05, 3.63) is 23.8 Å². The SMILES string of the molecule is COc1ccc(OC)c(C(F)(F)CC(=O)O)c1. The standard InChI is InChI=1S/C11H12F2O4/c1-16-7-3-4-9(17-2)8(5-7)11(12,13)6-10(14)15/h3-5H,6H2,1-2H3,(H,14,15). The number of carboxylic acid groups (broad SMARTS) is 1. The van der Waals surface area contributed by atoms with E-state index in [1.54, 1.807) is 0 Å². The summed E-state index contributed by atoms with van der Waals surface area (Å²) in [5.74, 6) is -4.95. The Kier molecular flexibility index (Phi) is 3.88. The summed E-state index contributed by atoms with van der Waals surface area (Å²) in [5.41, 5.74) is -0.498. The van der Waals surface area contributed by atoms with Crippen LogP contribution in [0.4, 0.5) is 8.78 Å². The maximum absolute atomic E-state index is 13.7. The van der Waals surface area contributed by atoms with Crippen molar-refractivity contribution in [1.82, 2.24) is 0 Å². The third-order valence-electron chi connectivity index (χ3n) is 2.17. The van der Waals surface area contributed by atoms with Crippen LogP contribution in [0.15, 0.2) is 18.2 Å². The maximum atomic E-state index is 13.7. The van der Waals surface area contributed by atoms with Crippen molar-refractivity contribution in [3.63, 3.8) is 0 Å². The monoisotopic (exact) mass is 246 g/mol. The van der Waals surface area contributed by atoms with E-state index in [1.165, 1.54) is 26.4 Å². The molecule has 0 fully saturated rings. The molecule has 1 aromatic rings. The Morgan fingerprint density at radius 3 is 2.47 bits per heavy atom. The molecule has 0 heterocycles. The summed E-state index contributed by atoms with van der Waals surface area (Å²) in [6.07, 6.45) is -1.30. The number of alkyl halides is 2. The Bertz CT molecular complexity index is 418. The highest BCUT2D eigenvalue weighted by Gasteiger charge is 2.37. The molecule has 6 heteroatoms. The highest BCUT2D eigenvalue weighted by molar-refractivity contribution is 5.68. The molecule has 0 aromatic heterocycles. The number of aliphatic carboxylic acids is 1. The Balaban J connectivity index is 3.21. The Labute approximate surface area is 96.8 Å². The van der Waals surface area contributed by atoms with E-state index in [0.717, 1.165) is 6.07 Å². The van der Waals surface area contributed by atoms with Crippen molar-refractivity contribution in [2.45, 2.75) is 12.3 Å². The second-order valence-electron chi connectivity index (χ2n) is 3.34. The second-order valence-corrected chi connectivity index (χ2v) is 3.34. The van der Waals surface area contributed by atoms with Crippen molar-refractivity contribution in [2.75, 3.05) is 14.2 Å². The van der Waals surface area contributed by atoms with Gasteiger partial charge in [-0.2, -0.15) is 0 Å². The molecule has 0 radical (unpaired) electrons. The maximum Gasteiger partial charge on any atom is 0.309 e. The van der Waals surface area contributed by atoms with Gasteiger partial charge in [0.1, 0.15) is 17.9 Å². The average molecular weight is 246 g/mol. The third kappa shape index (κ3) is 3.05. The Morgan fingerprint density at radius 1 is 1.35 bits per heavy atom. The van der Waals surface area contributed by atoms with Crippen molar-refractivity contribution >= 4 is 5.97 Å². The van der Waals surface area contributed by atoms with Gasteiger partial charge in [-0.1, -0.05) is 0 Å². The smallest absolute Gasteiger partial charge is 0.309 e. The van der Waals surface area contributed by atoms with Crippen LogP contribution < -0.4 is 9.47 Å². The zero-order chi connectivity index (χ0) is 13.1. The number of hydrogen-bond donors (Lipinski definition) is 1. The molecule has 0 atom stereocenters. The minimum absolute atomic E-state index is 0.0722. The van der Waals surface area contributed by atoms with Gasteiger partial charge in [-0.05, 0) is 18.2 Å². The number of carboxylic acids is 1. The highest BCUT2D eigenvalue weighted by Crippen LogP contribution is 2.39. The highest BCUT2D eigenvalue weighted by atomic mass is 19.3.